The Labute approximate surface area is 99.6 Å². The maximum Gasteiger partial charge on any atom is 0.343 e. The molecule has 0 spiro atoms. The predicted octanol–water partition coefficient (Wildman–Crippen LogP) is 1.14. The Hall–Kier alpha value is -1.24. The summed E-state index contributed by atoms with van der Waals surface area (Å²) in [7, 11) is 1.48. The second-order valence-electron chi connectivity index (χ2n) is 3.08. The topological polar surface area (TPSA) is 82.6 Å². The van der Waals surface area contributed by atoms with Crippen LogP contribution in [0.25, 0.3) is 0 Å². The van der Waals surface area contributed by atoms with Gasteiger partial charge < -0.3 is 10.6 Å². The monoisotopic (exact) mass is 246 g/mol. The maximum absolute atomic E-state index is 11.4. The van der Waals surface area contributed by atoms with E-state index in [0.717, 1.165) is 6.42 Å². The van der Waals surface area contributed by atoms with Gasteiger partial charge in [-0.3, -0.25) is 5.32 Å². The highest BCUT2D eigenvalue weighted by Crippen LogP contribution is 1.96. The number of urea groups is 2. The molecule has 6 nitrogen and oxygen atoms in total. The summed E-state index contributed by atoms with van der Waals surface area (Å²) in [4.78, 5) is 26.0. The van der Waals surface area contributed by atoms with Gasteiger partial charge in [0.2, 0.25) is 0 Å². The largest absolute Gasteiger partial charge is 0.343 e. The van der Waals surface area contributed by atoms with E-state index in [9.17, 15) is 9.59 Å². The van der Waals surface area contributed by atoms with Gasteiger partial charge in [-0.15, -0.1) is 0 Å². The SMILES string of the molecule is CCC(C)NC(=O)NC(=NC(=O)NC)SC. The first-order chi connectivity index (χ1) is 7.53. The third-order valence-corrected chi connectivity index (χ3v) is 2.40. The molecular weight excluding hydrogens is 228 g/mol. The predicted molar refractivity (Wildman–Crippen MR) is 66.8 cm³/mol. The van der Waals surface area contributed by atoms with Crippen molar-refractivity contribution < 1.29 is 9.59 Å². The molecule has 0 aromatic heterocycles. The van der Waals surface area contributed by atoms with Crippen molar-refractivity contribution >= 4 is 29.0 Å². The molecule has 3 N–H and O–H groups in total. The van der Waals surface area contributed by atoms with Crippen LogP contribution in [-0.2, 0) is 0 Å². The van der Waals surface area contributed by atoms with Crippen molar-refractivity contribution in [1.29, 1.82) is 0 Å². The number of aliphatic imine (C=N–C) groups is 1. The van der Waals surface area contributed by atoms with E-state index in [1.807, 2.05) is 13.8 Å². The van der Waals surface area contributed by atoms with Gasteiger partial charge in [-0.25, -0.2) is 9.59 Å². The maximum atomic E-state index is 11.4. The number of nitrogens with one attached hydrogen (secondary N) is 3. The van der Waals surface area contributed by atoms with Crippen LogP contribution in [0.4, 0.5) is 9.59 Å². The van der Waals surface area contributed by atoms with Crippen molar-refractivity contribution in [1.82, 2.24) is 16.0 Å². The molecule has 0 aliphatic rings. The van der Waals surface area contributed by atoms with Gasteiger partial charge in [-0.2, -0.15) is 4.99 Å². The molecule has 92 valence electrons. The molecule has 0 aromatic rings. The minimum atomic E-state index is -0.492. The molecule has 7 heteroatoms. The molecule has 0 fully saturated rings. The molecule has 0 rings (SSSR count). The Morgan fingerprint density at radius 2 is 2.06 bits per heavy atom. The quantitative estimate of drug-likeness (QED) is 0.505. The number of hydrogen-bond donors (Lipinski definition) is 3. The lowest BCUT2D eigenvalue weighted by Crippen LogP contribution is -2.42. The van der Waals surface area contributed by atoms with E-state index in [1.54, 1.807) is 6.26 Å². The zero-order chi connectivity index (χ0) is 12.6. The van der Waals surface area contributed by atoms with Crippen LogP contribution in [0.15, 0.2) is 4.99 Å². The normalized spacial score (nSPS) is 12.9. The summed E-state index contributed by atoms with van der Waals surface area (Å²) in [6.45, 7) is 3.87. The number of amides is 4. The first-order valence-electron chi connectivity index (χ1n) is 4.95. The molecule has 0 bridgehead atoms. The van der Waals surface area contributed by atoms with Gasteiger partial charge in [0.05, 0.1) is 0 Å². The van der Waals surface area contributed by atoms with E-state index in [-0.39, 0.29) is 17.2 Å². The average molecular weight is 246 g/mol. The van der Waals surface area contributed by atoms with Gasteiger partial charge in [-0.1, -0.05) is 18.7 Å². The zero-order valence-electron chi connectivity index (χ0n) is 9.96. The highest BCUT2D eigenvalue weighted by molar-refractivity contribution is 8.13. The summed E-state index contributed by atoms with van der Waals surface area (Å²) in [6, 6.07) is -0.761. The molecule has 0 aliphatic heterocycles. The van der Waals surface area contributed by atoms with Crippen LogP contribution in [-0.4, -0.2) is 36.6 Å². The van der Waals surface area contributed by atoms with Crippen molar-refractivity contribution in [3.8, 4) is 0 Å². The number of amidine groups is 1. The molecule has 1 unspecified atom stereocenters. The Kier molecular flexibility index (Phi) is 7.36. The fraction of sp³-hybridized carbons (Fsp3) is 0.667. The van der Waals surface area contributed by atoms with Crippen LogP contribution in [0.2, 0.25) is 0 Å². The van der Waals surface area contributed by atoms with Gasteiger partial charge >= 0.3 is 12.1 Å². The van der Waals surface area contributed by atoms with Crippen LogP contribution >= 0.6 is 11.8 Å². The van der Waals surface area contributed by atoms with Gasteiger partial charge in [0.1, 0.15) is 0 Å². The van der Waals surface area contributed by atoms with Gasteiger partial charge in [-0.05, 0) is 19.6 Å². The second-order valence-corrected chi connectivity index (χ2v) is 3.88. The van der Waals surface area contributed by atoms with Crippen molar-refractivity contribution in [3.05, 3.63) is 0 Å². The Balaban J connectivity index is 4.27. The number of nitrogens with zero attached hydrogens (tertiary/aromatic N) is 1. The molecule has 4 amide bonds. The minimum Gasteiger partial charge on any atom is -0.339 e. The highest BCUT2D eigenvalue weighted by atomic mass is 32.2. The summed E-state index contributed by atoms with van der Waals surface area (Å²) in [5.74, 6) is 0. The third-order valence-electron chi connectivity index (χ3n) is 1.82. The van der Waals surface area contributed by atoms with Gasteiger partial charge in [0.25, 0.3) is 0 Å². The first kappa shape index (κ1) is 14.8. The third kappa shape index (κ3) is 6.28. The lowest BCUT2D eigenvalue weighted by Gasteiger charge is -2.12. The van der Waals surface area contributed by atoms with E-state index in [2.05, 4.69) is 20.9 Å². The molecule has 0 aromatic carbocycles. The van der Waals surface area contributed by atoms with E-state index < -0.39 is 6.03 Å². The lowest BCUT2D eigenvalue weighted by atomic mass is 10.3. The lowest BCUT2D eigenvalue weighted by molar-refractivity contribution is 0.242. The molecule has 0 saturated carbocycles. The van der Waals surface area contributed by atoms with E-state index >= 15 is 0 Å². The van der Waals surface area contributed by atoms with Gasteiger partial charge in [0.15, 0.2) is 5.17 Å². The summed E-state index contributed by atoms with van der Waals surface area (Å²) in [5, 5.41) is 7.82. The Morgan fingerprint density at radius 3 is 2.50 bits per heavy atom. The average Bonchev–Trinajstić information content (AvgIpc) is 2.27. The second kappa shape index (κ2) is 7.98. The Morgan fingerprint density at radius 1 is 1.44 bits per heavy atom. The number of thioether (sulfide) groups is 1. The van der Waals surface area contributed by atoms with Crippen LogP contribution in [0.1, 0.15) is 20.3 Å². The number of hydrogen-bond acceptors (Lipinski definition) is 3. The highest BCUT2D eigenvalue weighted by Gasteiger charge is 2.08. The molecule has 0 aliphatic carbocycles. The fourth-order valence-electron chi connectivity index (χ4n) is 0.732. The number of carbonyl (C=O) groups excluding carboxylic acids is 2. The summed E-state index contributed by atoms with van der Waals surface area (Å²) < 4.78 is 0. The zero-order valence-corrected chi connectivity index (χ0v) is 10.8. The van der Waals surface area contributed by atoms with Crippen LogP contribution in [0.3, 0.4) is 0 Å². The van der Waals surface area contributed by atoms with Crippen molar-refractivity contribution in [3.63, 3.8) is 0 Å². The fourth-order valence-corrected chi connectivity index (χ4v) is 1.10. The number of rotatable bonds is 2. The molecule has 1 atom stereocenters. The summed E-state index contributed by atoms with van der Waals surface area (Å²) >= 11 is 1.19. The van der Waals surface area contributed by atoms with E-state index in [1.165, 1.54) is 18.8 Å². The molecular formula is C9H18N4O2S. The standard InChI is InChI=1S/C9H18N4O2S/c1-5-6(2)11-8(15)13-9(16-4)12-7(14)10-3/h6H,5H2,1-4H3,(H3,10,11,12,13,14,15). The molecule has 0 radical (unpaired) electrons. The van der Waals surface area contributed by atoms with Crippen LogP contribution in [0, 0.1) is 0 Å². The van der Waals surface area contributed by atoms with Crippen LogP contribution < -0.4 is 16.0 Å². The van der Waals surface area contributed by atoms with E-state index in [0.29, 0.717) is 0 Å². The molecule has 0 saturated heterocycles. The van der Waals surface area contributed by atoms with Crippen molar-refractivity contribution in [2.24, 2.45) is 4.99 Å². The summed E-state index contributed by atoms with van der Waals surface area (Å²) in [6.07, 6.45) is 2.57. The minimum absolute atomic E-state index is 0.0862. The van der Waals surface area contributed by atoms with Gasteiger partial charge in [0, 0.05) is 13.1 Å². The van der Waals surface area contributed by atoms with Crippen LogP contribution in [0.5, 0.6) is 0 Å². The molecule has 0 heterocycles. The first-order valence-corrected chi connectivity index (χ1v) is 6.17. The van der Waals surface area contributed by atoms with Crippen molar-refractivity contribution in [2.75, 3.05) is 13.3 Å². The van der Waals surface area contributed by atoms with Crippen molar-refractivity contribution in [2.45, 2.75) is 26.3 Å². The van der Waals surface area contributed by atoms with E-state index in [4.69, 9.17) is 0 Å². The smallest absolute Gasteiger partial charge is 0.339 e. The Bertz CT molecular complexity index is 281. The summed E-state index contributed by atoms with van der Waals surface area (Å²) in [5.41, 5.74) is 0. The molecule has 16 heavy (non-hydrogen) atoms. The number of carbonyl (C=O) groups is 2.